The van der Waals surface area contributed by atoms with Crippen molar-refractivity contribution in [2.75, 3.05) is 26.2 Å². The molecule has 2 nitrogen and oxygen atoms in total. The molecule has 2 aliphatic rings. The molecule has 1 N–H and O–H groups in total. The van der Waals surface area contributed by atoms with Gasteiger partial charge in [0.05, 0.1) is 0 Å². The van der Waals surface area contributed by atoms with Crippen molar-refractivity contribution in [3.8, 4) is 0 Å². The van der Waals surface area contributed by atoms with E-state index in [1.54, 1.807) is 0 Å². The van der Waals surface area contributed by atoms with Gasteiger partial charge in [0.25, 0.3) is 0 Å². The highest BCUT2D eigenvalue weighted by Gasteiger charge is 2.28. The van der Waals surface area contributed by atoms with Crippen LogP contribution < -0.4 is 5.32 Å². The Morgan fingerprint density at radius 1 is 1.18 bits per heavy atom. The third-order valence-electron chi connectivity index (χ3n) is 4.80. The zero-order valence-electron chi connectivity index (χ0n) is 11.9. The van der Waals surface area contributed by atoms with Crippen molar-refractivity contribution in [3.05, 3.63) is 0 Å². The van der Waals surface area contributed by atoms with Gasteiger partial charge in [-0.3, -0.25) is 4.90 Å². The molecule has 1 aliphatic heterocycles. The van der Waals surface area contributed by atoms with Crippen molar-refractivity contribution < 1.29 is 0 Å². The van der Waals surface area contributed by atoms with Crippen LogP contribution in [0.15, 0.2) is 0 Å². The molecule has 1 saturated heterocycles. The Bertz CT molecular complexity index is 219. The summed E-state index contributed by atoms with van der Waals surface area (Å²) in [5, 5.41) is 3.55. The zero-order valence-corrected chi connectivity index (χ0v) is 11.9. The Kier molecular flexibility index (Phi) is 4.87. The third-order valence-corrected chi connectivity index (χ3v) is 4.80. The number of hydrogen-bond donors (Lipinski definition) is 1. The normalized spacial score (nSPS) is 36.4. The second-order valence-electron chi connectivity index (χ2n) is 6.64. The van der Waals surface area contributed by atoms with Gasteiger partial charge in [0.2, 0.25) is 0 Å². The van der Waals surface area contributed by atoms with E-state index >= 15 is 0 Å². The van der Waals surface area contributed by atoms with Gasteiger partial charge >= 0.3 is 0 Å². The molecule has 0 bridgehead atoms. The average molecular weight is 238 g/mol. The first kappa shape index (κ1) is 13.4. The van der Waals surface area contributed by atoms with E-state index in [1.807, 2.05) is 0 Å². The van der Waals surface area contributed by atoms with E-state index in [2.05, 4.69) is 31.0 Å². The fourth-order valence-electron chi connectivity index (χ4n) is 3.49. The standard InChI is InChI=1S/C15H30N2/c1-12(2)15-10-16-8-9-17(15)11-14-6-4-13(3)5-7-14/h12-16H,4-11H2,1-3H3/t13-,14+,15-/m1/s1. The lowest BCUT2D eigenvalue weighted by atomic mass is 9.82. The molecule has 1 heterocycles. The Hall–Kier alpha value is -0.0800. The minimum atomic E-state index is 0.767. The fraction of sp³-hybridized carbons (Fsp3) is 1.00. The Labute approximate surface area is 107 Å². The van der Waals surface area contributed by atoms with Gasteiger partial charge in [0, 0.05) is 32.2 Å². The molecule has 0 spiro atoms. The van der Waals surface area contributed by atoms with Gasteiger partial charge in [0.1, 0.15) is 0 Å². The van der Waals surface area contributed by atoms with E-state index in [-0.39, 0.29) is 0 Å². The minimum absolute atomic E-state index is 0.767. The van der Waals surface area contributed by atoms with Gasteiger partial charge in [-0.1, -0.05) is 33.6 Å². The van der Waals surface area contributed by atoms with Crippen LogP contribution >= 0.6 is 0 Å². The summed E-state index contributed by atoms with van der Waals surface area (Å²) in [5.41, 5.74) is 0. The van der Waals surface area contributed by atoms with Crippen LogP contribution in [0.3, 0.4) is 0 Å². The molecular formula is C15H30N2. The maximum absolute atomic E-state index is 3.55. The zero-order chi connectivity index (χ0) is 12.3. The van der Waals surface area contributed by atoms with E-state index in [4.69, 9.17) is 0 Å². The van der Waals surface area contributed by atoms with E-state index in [1.165, 1.54) is 51.9 Å². The van der Waals surface area contributed by atoms with Crippen LogP contribution in [0, 0.1) is 17.8 Å². The lowest BCUT2D eigenvalue weighted by Gasteiger charge is -2.41. The summed E-state index contributed by atoms with van der Waals surface area (Å²) in [6, 6.07) is 0.767. The van der Waals surface area contributed by atoms with Crippen molar-refractivity contribution in [2.45, 2.75) is 52.5 Å². The highest BCUT2D eigenvalue weighted by Crippen LogP contribution is 2.29. The molecule has 2 rings (SSSR count). The van der Waals surface area contributed by atoms with Crippen LogP contribution in [0.5, 0.6) is 0 Å². The largest absolute Gasteiger partial charge is 0.314 e. The summed E-state index contributed by atoms with van der Waals surface area (Å²) in [7, 11) is 0. The molecule has 1 aliphatic carbocycles. The number of nitrogens with one attached hydrogen (secondary N) is 1. The molecule has 0 aromatic heterocycles. The predicted octanol–water partition coefficient (Wildman–Crippen LogP) is 2.74. The van der Waals surface area contributed by atoms with Crippen LogP contribution in [0.2, 0.25) is 0 Å². The van der Waals surface area contributed by atoms with Gasteiger partial charge in [-0.25, -0.2) is 0 Å². The van der Waals surface area contributed by atoms with E-state index in [0.717, 1.165) is 23.8 Å². The summed E-state index contributed by atoms with van der Waals surface area (Å²) < 4.78 is 0. The highest BCUT2D eigenvalue weighted by molar-refractivity contribution is 4.84. The molecule has 2 fully saturated rings. The monoisotopic (exact) mass is 238 g/mol. The quantitative estimate of drug-likeness (QED) is 0.813. The number of hydrogen-bond acceptors (Lipinski definition) is 2. The minimum Gasteiger partial charge on any atom is -0.314 e. The third kappa shape index (κ3) is 3.69. The second kappa shape index (κ2) is 6.19. The first-order chi connectivity index (χ1) is 8.16. The Balaban J connectivity index is 1.83. The van der Waals surface area contributed by atoms with E-state index in [0.29, 0.717) is 0 Å². The molecule has 1 atom stereocenters. The molecule has 17 heavy (non-hydrogen) atoms. The summed E-state index contributed by atoms with van der Waals surface area (Å²) in [6.45, 7) is 12.2. The second-order valence-corrected chi connectivity index (χ2v) is 6.64. The van der Waals surface area contributed by atoms with Crippen LogP contribution in [-0.4, -0.2) is 37.1 Å². The van der Waals surface area contributed by atoms with E-state index < -0.39 is 0 Å². The van der Waals surface area contributed by atoms with Gasteiger partial charge in [-0.2, -0.15) is 0 Å². The van der Waals surface area contributed by atoms with Crippen LogP contribution in [0.4, 0.5) is 0 Å². The van der Waals surface area contributed by atoms with E-state index in [9.17, 15) is 0 Å². The van der Waals surface area contributed by atoms with Crippen molar-refractivity contribution in [1.82, 2.24) is 10.2 Å². The molecule has 0 unspecified atom stereocenters. The SMILES string of the molecule is CC(C)[C@H]1CNCCN1C[C@H]1CC[C@@H](C)CC1. The number of piperazine rings is 1. The van der Waals surface area contributed by atoms with Crippen LogP contribution in [0.25, 0.3) is 0 Å². The summed E-state index contributed by atoms with van der Waals surface area (Å²) >= 11 is 0. The number of nitrogens with zero attached hydrogens (tertiary/aromatic N) is 1. The van der Waals surface area contributed by atoms with Crippen molar-refractivity contribution in [1.29, 1.82) is 0 Å². The van der Waals surface area contributed by atoms with Gasteiger partial charge < -0.3 is 5.32 Å². The van der Waals surface area contributed by atoms with Gasteiger partial charge in [-0.05, 0) is 30.6 Å². The first-order valence-electron chi connectivity index (χ1n) is 7.61. The average Bonchev–Trinajstić information content (AvgIpc) is 2.32. The smallest absolute Gasteiger partial charge is 0.0244 e. The summed E-state index contributed by atoms with van der Waals surface area (Å²) in [5.74, 6) is 2.74. The number of rotatable bonds is 3. The van der Waals surface area contributed by atoms with Crippen molar-refractivity contribution >= 4 is 0 Å². The molecule has 0 aromatic rings. The molecule has 0 aromatic carbocycles. The molecule has 100 valence electrons. The van der Waals surface area contributed by atoms with Crippen LogP contribution in [0.1, 0.15) is 46.5 Å². The Morgan fingerprint density at radius 2 is 1.88 bits per heavy atom. The summed E-state index contributed by atoms with van der Waals surface area (Å²) in [6.07, 6.45) is 5.86. The molecule has 0 amide bonds. The van der Waals surface area contributed by atoms with Gasteiger partial charge in [0.15, 0.2) is 0 Å². The topological polar surface area (TPSA) is 15.3 Å². The molecule has 2 heteroatoms. The first-order valence-corrected chi connectivity index (χ1v) is 7.61. The van der Waals surface area contributed by atoms with Crippen LogP contribution in [-0.2, 0) is 0 Å². The Morgan fingerprint density at radius 3 is 2.53 bits per heavy atom. The van der Waals surface area contributed by atoms with Crippen molar-refractivity contribution in [3.63, 3.8) is 0 Å². The van der Waals surface area contributed by atoms with Gasteiger partial charge in [-0.15, -0.1) is 0 Å². The molecular weight excluding hydrogens is 208 g/mol. The molecule has 0 radical (unpaired) electrons. The fourth-order valence-corrected chi connectivity index (χ4v) is 3.49. The highest BCUT2D eigenvalue weighted by atomic mass is 15.2. The summed E-state index contributed by atoms with van der Waals surface area (Å²) in [4.78, 5) is 2.77. The van der Waals surface area contributed by atoms with Crippen molar-refractivity contribution in [2.24, 2.45) is 17.8 Å². The molecule has 1 saturated carbocycles. The lowest BCUT2D eigenvalue weighted by Crippen LogP contribution is -2.54. The lowest BCUT2D eigenvalue weighted by molar-refractivity contribution is 0.0909. The maximum atomic E-state index is 3.55. The predicted molar refractivity (Wildman–Crippen MR) is 74.2 cm³/mol. The maximum Gasteiger partial charge on any atom is 0.0244 e.